The molecule has 1 saturated heterocycles. The highest BCUT2D eigenvalue weighted by Crippen LogP contribution is 2.29. The van der Waals surface area contributed by atoms with Gasteiger partial charge in [0.2, 0.25) is 5.82 Å². The first kappa shape index (κ1) is 24.4. The van der Waals surface area contributed by atoms with Gasteiger partial charge >= 0.3 is 12.1 Å². The van der Waals surface area contributed by atoms with Gasteiger partial charge in [-0.15, -0.1) is 0 Å². The van der Waals surface area contributed by atoms with Crippen LogP contribution in [0.15, 0.2) is 53.1 Å². The Labute approximate surface area is 188 Å². The fourth-order valence-corrected chi connectivity index (χ4v) is 3.49. The predicted molar refractivity (Wildman–Crippen MR) is 114 cm³/mol. The Morgan fingerprint density at radius 2 is 1.91 bits per heavy atom. The molecule has 0 aliphatic carbocycles. The van der Waals surface area contributed by atoms with Gasteiger partial charge in [-0.05, 0) is 24.1 Å². The molecule has 0 bridgehead atoms. The molecule has 1 N–H and O–H groups in total. The van der Waals surface area contributed by atoms with Gasteiger partial charge in [0, 0.05) is 31.2 Å². The van der Waals surface area contributed by atoms with E-state index in [9.17, 15) is 22.4 Å². The summed E-state index contributed by atoms with van der Waals surface area (Å²) in [7, 11) is 0. The monoisotopic (exact) mass is 464 g/mol. The molecular formula is C23H24F4N4O2. The molecule has 1 amide bonds. The third-order valence-electron chi connectivity index (χ3n) is 5.00. The molecule has 1 unspecified atom stereocenters. The van der Waals surface area contributed by atoms with E-state index in [1.54, 1.807) is 0 Å². The van der Waals surface area contributed by atoms with E-state index in [1.807, 2.05) is 44.2 Å². The van der Waals surface area contributed by atoms with Crippen molar-refractivity contribution in [2.75, 3.05) is 13.1 Å². The lowest BCUT2D eigenvalue weighted by molar-refractivity contribution is -0.159. The first-order valence-electron chi connectivity index (χ1n) is 10.6. The number of hydrogen-bond acceptors (Lipinski definition) is 5. The van der Waals surface area contributed by atoms with Crippen LogP contribution < -0.4 is 5.32 Å². The molecule has 6 nitrogen and oxygen atoms in total. The molecule has 10 heteroatoms. The van der Waals surface area contributed by atoms with Gasteiger partial charge in [0.15, 0.2) is 0 Å². The van der Waals surface area contributed by atoms with Crippen molar-refractivity contribution in [3.63, 3.8) is 0 Å². The highest BCUT2D eigenvalue weighted by Gasteiger charge is 2.38. The van der Waals surface area contributed by atoms with Crippen molar-refractivity contribution in [2.24, 2.45) is 0 Å². The van der Waals surface area contributed by atoms with Gasteiger partial charge in [-0.3, -0.25) is 9.69 Å². The summed E-state index contributed by atoms with van der Waals surface area (Å²) in [4.78, 5) is 17.9. The number of carbonyl (C=O) groups is 1. The first-order chi connectivity index (χ1) is 15.8. The van der Waals surface area contributed by atoms with Crippen LogP contribution >= 0.6 is 0 Å². The van der Waals surface area contributed by atoms with E-state index in [1.165, 1.54) is 17.7 Å². The maximum atomic E-state index is 14.5. The van der Waals surface area contributed by atoms with Gasteiger partial charge in [0.1, 0.15) is 5.82 Å². The normalized spacial score (nSPS) is 16.2. The van der Waals surface area contributed by atoms with Crippen LogP contribution in [0.5, 0.6) is 0 Å². The van der Waals surface area contributed by atoms with Crippen LogP contribution in [0.1, 0.15) is 42.1 Å². The zero-order chi connectivity index (χ0) is 24.0. The first-order valence-corrected chi connectivity index (χ1v) is 10.6. The van der Waals surface area contributed by atoms with Gasteiger partial charge in [-0.2, -0.15) is 18.2 Å². The highest BCUT2D eigenvalue weighted by atomic mass is 19.4. The molecule has 2 aromatic carbocycles. The van der Waals surface area contributed by atoms with Crippen molar-refractivity contribution in [2.45, 2.75) is 39.0 Å². The lowest BCUT2D eigenvalue weighted by atomic mass is 10.1. The van der Waals surface area contributed by atoms with E-state index in [4.69, 9.17) is 0 Å². The van der Waals surface area contributed by atoms with Crippen LogP contribution in [0.4, 0.5) is 17.6 Å². The van der Waals surface area contributed by atoms with Crippen molar-refractivity contribution in [3.8, 4) is 11.4 Å². The Bertz CT molecular complexity index is 1070. The molecule has 0 spiro atoms. The number of aromatic nitrogens is 2. The summed E-state index contributed by atoms with van der Waals surface area (Å²) in [6.07, 6.45) is -4.05. The van der Waals surface area contributed by atoms with E-state index < -0.39 is 29.6 Å². The van der Waals surface area contributed by atoms with Crippen molar-refractivity contribution < 1.29 is 26.9 Å². The summed E-state index contributed by atoms with van der Waals surface area (Å²) in [6, 6.07) is 13.2. The molecule has 176 valence electrons. The molecule has 1 aliphatic heterocycles. The van der Waals surface area contributed by atoms with Gasteiger partial charge in [-0.1, -0.05) is 55.4 Å². The van der Waals surface area contributed by atoms with Crippen molar-refractivity contribution in [3.05, 3.63) is 71.4 Å². The van der Waals surface area contributed by atoms with Crippen LogP contribution in [0, 0.1) is 5.82 Å². The summed E-state index contributed by atoms with van der Waals surface area (Å²) < 4.78 is 56.4. The minimum absolute atomic E-state index is 0.0248. The van der Waals surface area contributed by atoms with Gasteiger partial charge in [0.25, 0.3) is 5.91 Å². The maximum absolute atomic E-state index is 14.5. The smallest absolute Gasteiger partial charge is 0.348 e. The van der Waals surface area contributed by atoms with Crippen molar-refractivity contribution in [1.29, 1.82) is 0 Å². The Morgan fingerprint density at radius 3 is 2.55 bits per heavy atom. The van der Waals surface area contributed by atoms with Crippen molar-refractivity contribution >= 4 is 5.91 Å². The number of amides is 1. The third kappa shape index (κ3) is 6.16. The minimum Gasteiger partial charge on any atom is -0.348 e. The zero-order valence-electron chi connectivity index (χ0n) is 18.2. The minimum atomic E-state index is -4.79. The molecule has 1 aromatic heterocycles. The fourth-order valence-electron chi connectivity index (χ4n) is 3.49. The highest BCUT2D eigenvalue weighted by molar-refractivity contribution is 5.95. The summed E-state index contributed by atoms with van der Waals surface area (Å²) in [5, 5.41) is 6.03. The summed E-state index contributed by atoms with van der Waals surface area (Å²) in [5.74, 6) is -3.40. The quantitative estimate of drug-likeness (QED) is 0.543. The van der Waals surface area contributed by atoms with E-state index in [2.05, 4.69) is 24.9 Å². The molecule has 0 saturated carbocycles. The second kappa shape index (κ2) is 10.6. The van der Waals surface area contributed by atoms with E-state index in [0.717, 1.165) is 25.6 Å². The van der Waals surface area contributed by atoms with Crippen LogP contribution in [-0.4, -0.2) is 40.1 Å². The van der Waals surface area contributed by atoms with Crippen molar-refractivity contribution in [1.82, 2.24) is 20.4 Å². The summed E-state index contributed by atoms with van der Waals surface area (Å²) in [5.41, 5.74) is 0.944. The lowest BCUT2D eigenvalue weighted by Crippen LogP contribution is -2.37. The van der Waals surface area contributed by atoms with Gasteiger partial charge in [-0.25, -0.2) is 4.39 Å². The number of nitrogens with zero attached hydrogens (tertiary/aromatic N) is 3. The number of likely N-dealkylation sites (tertiary alicyclic amines) is 1. The summed E-state index contributed by atoms with van der Waals surface area (Å²) in [6.45, 7) is 6.21. The van der Waals surface area contributed by atoms with Crippen LogP contribution in [0.25, 0.3) is 11.4 Å². The molecule has 3 aromatic rings. The molecular weight excluding hydrogens is 440 g/mol. The maximum Gasteiger partial charge on any atom is 0.471 e. The molecule has 2 heterocycles. The second-order valence-corrected chi connectivity index (χ2v) is 7.30. The standard InChI is InChI=1S/C21H18F4N4O2.C2H6/c22-17-10-14(18-27-20(31-28-18)21(23,24)25)6-7-16(17)19(30)26-15-8-9-29(12-15)11-13-4-2-1-3-5-13;1-2/h1-7,10,15H,8-9,11-12H2,(H,26,30);1-2H3. The van der Waals surface area contributed by atoms with Crippen LogP contribution in [0.2, 0.25) is 0 Å². The van der Waals surface area contributed by atoms with E-state index in [0.29, 0.717) is 6.54 Å². The number of hydrogen-bond donors (Lipinski definition) is 1. The second-order valence-electron chi connectivity index (χ2n) is 7.30. The summed E-state index contributed by atoms with van der Waals surface area (Å²) >= 11 is 0. The van der Waals surface area contributed by atoms with E-state index in [-0.39, 0.29) is 17.2 Å². The zero-order valence-corrected chi connectivity index (χ0v) is 18.2. The average molecular weight is 464 g/mol. The topological polar surface area (TPSA) is 71.3 Å². The molecule has 4 rings (SSSR count). The molecule has 1 aliphatic rings. The largest absolute Gasteiger partial charge is 0.471 e. The molecule has 1 atom stereocenters. The number of halogens is 4. The van der Waals surface area contributed by atoms with E-state index >= 15 is 0 Å². The SMILES string of the molecule is CC.O=C(NC1CCN(Cc2ccccc2)C1)c1ccc(-c2noc(C(F)(F)F)n2)cc1F. The number of carbonyl (C=O) groups excluding carboxylic acids is 1. The van der Waals surface area contributed by atoms with Crippen LogP contribution in [0.3, 0.4) is 0 Å². The number of rotatable bonds is 5. The third-order valence-corrected chi connectivity index (χ3v) is 5.00. The lowest BCUT2D eigenvalue weighted by Gasteiger charge is -2.17. The Morgan fingerprint density at radius 1 is 1.18 bits per heavy atom. The predicted octanol–water partition coefficient (Wildman–Crippen LogP) is 4.93. The number of nitrogens with one attached hydrogen (secondary N) is 1. The number of benzene rings is 2. The van der Waals surface area contributed by atoms with Gasteiger partial charge in [0.05, 0.1) is 5.56 Å². The molecule has 0 radical (unpaired) electrons. The molecule has 33 heavy (non-hydrogen) atoms. The number of alkyl halides is 3. The fraction of sp³-hybridized carbons (Fsp3) is 0.348. The van der Waals surface area contributed by atoms with Gasteiger partial charge < -0.3 is 9.84 Å². The Kier molecular flexibility index (Phi) is 7.80. The average Bonchev–Trinajstić information content (AvgIpc) is 3.46. The molecule has 1 fully saturated rings. The Hall–Kier alpha value is -3.27. The van der Waals surface area contributed by atoms with Crippen LogP contribution in [-0.2, 0) is 12.7 Å². The Balaban J connectivity index is 0.00000149.